The third-order valence-corrected chi connectivity index (χ3v) is 3.96. The van der Waals surface area contributed by atoms with Crippen LogP contribution in [-0.2, 0) is 11.4 Å². The van der Waals surface area contributed by atoms with Crippen LogP contribution in [0.3, 0.4) is 0 Å². The summed E-state index contributed by atoms with van der Waals surface area (Å²) in [6, 6.07) is 14.8. The van der Waals surface area contributed by atoms with E-state index >= 15 is 0 Å². The molecule has 2 aromatic carbocycles. The quantitative estimate of drug-likeness (QED) is 0.684. The number of nitrogens with zero attached hydrogens (tertiary/aromatic N) is 4. The fraction of sp³-hybridized carbons (Fsp3) is 0.176. The standard InChI is InChI=1S/C17H16BrN5O2/c1-2-17(24)19-13-5-9-15(10-6-13)25-11-16-20-21-22-23(16)14-7-3-12(18)4-8-14/h3-10H,2,11H2,1H3,(H,19,24). The van der Waals surface area contributed by atoms with Crippen molar-refractivity contribution in [2.24, 2.45) is 0 Å². The zero-order valence-electron chi connectivity index (χ0n) is 13.5. The van der Waals surface area contributed by atoms with Crippen LogP contribution in [0.2, 0.25) is 0 Å². The molecule has 0 aliphatic carbocycles. The molecule has 1 amide bonds. The number of carbonyl (C=O) groups excluding carboxylic acids is 1. The van der Waals surface area contributed by atoms with Gasteiger partial charge in [0.2, 0.25) is 5.91 Å². The number of rotatable bonds is 6. The molecule has 0 saturated heterocycles. The maximum atomic E-state index is 11.4. The highest BCUT2D eigenvalue weighted by Crippen LogP contribution is 2.18. The van der Waals surface area contributed by atoms with Gasteiger partial charge < -0.3 is 10.1 Å². The number of tetrazole rings is 1. The van der Waals surface area contributed by atoms with Crippen LogP contribution in [0.15, 0.2) is 53.0 Å². The molecule has 3 aromatic rings. The summed E-state index contributed by atoms with van der Waals surface area (Å²) in [6.07, 6.45) is 0.441. The Bertz CT molecular complexity index is 846. The number of ether oxygens (including phenoxy) is 1. The van der Waals surface area contributed by atoms with Crippen molar-refractivity contribution in [2.45, 2.75) is 20.0 Å². The molecule has 0 bridgehead atoms. The second-order valence-corrected chi connectivity index (χ2v) is 6.11. The van der Waals surface area contributed by atoms with Gasteiger partial charge in [-0.2, -0.15) is 4.68 Å². The monoisotopic (exact) mass is 401 g/mol. The van der Waals surface area contributed by atoms with Crippen LogP contribution in [0, 0.1) is 0 Å². The van der Waals surface area contributed by atoms with Crippen molar-refractivity contribution in [2.75, 3.05) is 5.32 Å². The smallest absolute Gasteiger partial charge is 0.224 e. The van der Waals surface area contributed by atoms with E-state index in [2.05, 4.69) is 36.8 Å². The molecule has 0 radical (unpaired) electrons. The molecule has 8 heteroatoms. The second-order valence-electron chi connectivity index (χ2n) is 5.20. The maximum Gasteiger partial charge on any atom is 0.224 e. The Balaban J connectivity index is 1.65. The van der Waals surface area contributed by atoms with E-state index in [-0.39, 0.29) is 12.5 Å². The van der Waals surface area contributed by atoms with Crippen LogP contribution in [0.4, 0.5) is 5.69 Å². The van der Waals surface area contributed by atoms with Gasteiger partial charge in [-0.3, -0.25) is 4.79 Å². The van der Waals surface area contributed by atoms with Crippen molar-refractivity contribution in [3.8, 4) is 11.4 Å². The van der Waals surface area contributed by atoms with Crippen molar-refractivity contribution in [3.05, 3.63) is 58.8 Å². The molecule has 0 atom stereocenters. The molecule has 7 nitrogen and oxygen atoms in total. The van der Waals surface area contributed by atoms with Gasteiger partial charge in [-0.15, -0.1) is 5.10 Å². The predicted octanol–water partition coefficient (Wildman–Crippen LogP) is 3.35. The Kier molecular flexibility index (Phi) is 5.39. The minimum atomic E-state index is -0.0256. The number of anilines is 1. The average molecular weight is 402 g/mol. The van der Waals surface area contributed by atoms with Gasteiger partial charge in [-0.1, -0.05) is 22.9 Å². The minimum Gasteiger partial charge on any atom is -0.486 e. The Morgan fingerprint density at radius 3 is 2.56 bits per heavy atom. The molecule has 1 aromatic heterocycles. The van der Waals surface area contributed by atoms with Crippen LogP contribution in [-0.4, -0.2) is 26.1 Å². The Morgan fingerprint density at radius 2 is 1.88 bits per heavy atom. The number of amides is 1. The normalized spacial score (nSPS) is 10.5. The maximum absolute atomic E-state index is 11.4. The zero-order chi connectivity index (χ0) is 17.6. The third kappa shape index (κ3) is 4.42. The molecule has 128 valence electrons. The summed E-state index contributed by atoms with van der Waals surface area (Å²) in [4.78, 5) is 11.4. The molecule has 0 aliphatic heterocycles. The number of nitrogens with one attached hydrogen (secondary N) is 1. The Labute approximate surface area is 153 Å². The first-order valence-electron chi connectivity index (χ1n) is 7.71. The van der Waals surface area contributed by atoms with E-state index in [4.69, 9.17) is 4.74 Å². The summed E-state index contributed by atoms with van der Waals surface area (Å²) >= 11 is 3.40. The first-order chi connectivity index (χ1) is 12.2. The highest BCUT2D eigenvalue weighted by molar-refractivity contribution is 9.10. The van der Waals surface area contributed by atoms with Crippen molar-refractivity contribution in [1.29, 1.82) is 0 Å². The summed E-state index contributed by atoms with van der Waals surface area (Å²) in [5, 5.41) is 14.5. The molecular weight excluding hydrogens is 386 g/mol. The van der Waals surface area contributed by atoms with E-state index in [9.17, 15) is 4.79 Å². The van der Waals surface area contributed by atoms with Crippen LogP contribution >= 0.6 is 15.9 Å². The predicted molar refractivity (Wildman–Crippen MR) is 96.5 cm³/mol. The van der Waals surface area contributed by atoms with Gasteiger partial charge in [-0.05, 0) is 59.0 Å². The fourth-order valence-electron chi connectivity index (χ4n) is 2.11. The van der Waals surface area contributed by atoms with E-state index < -0.39 is 0 Å². The lowest BCUT2D eigenvalue weighted by Gasteiger charge is -2.08. The summed E-state index contributed by atoms with van der Waals surface area (Å²) in [6.45, 7) is 2.03. The van der Waals surface area contributed by atoms with Gasteiger partial charge in [0.25, 0.3) is 0 Å². The lowest BCUT2D eigenvalue weighted by Crippen LogP contribution is -2.09. The SMILES string of the molecule is CCC(=O)Nc1ccc(OCc2nnnn2-c2ccc(Br)cc2)cc1. The summed E-state index contributed by atoms with van der Waals surface area (Å²) in [7, 11) is 0. The van der Waals surface area contributed by atoms with Gasteiger partial charge in [0, 0.05) is 16.6 Å². The first kappa shape index (κ1) is 17.1. The third-order valence-electron chi connectivity index (χ3n) is 3.43. The molecule has 1 heterocycles. The number of hydrogen-bond donors (Lipinski definition) is 1. The summed E-state index contributed by atoms with van der Waals surface area (Å²) < 4.78 is 8.35. The van der Waals surface area contributed by atoms with Crippen molar-refractivity contribution < 1.29 is 9.53 Å². The highest BCUT2D eigenvalue weighted by Gasteiger charge is 2.09. The van der Waals surface area contributed by atoms with Crippen molar-refractivity contribution >= 4 is 27.5 Å². The minimum absolute atomic E-state index is 0.0256. The van der Waals surface area contributed by atoms with Gasteiger partial charge in [0.15, 0.2) is 5.82 Å². The lowest BCUT2D eigenvalue weighted by molar-refractivity contribution is -0.115. The molecule has 0 aliphatic rings. The summed E-state index contributed by atoms with van der Waals surface area (Å²) in [5.74, 6) is 1.23. The second kappa shape index (κ2) is 7.89. The molecule has 0 saturated carbocycles. The average Bonchev–Trinajstić information content (AvgIpc) is 3.10. The number of hydrogen-bond acceptors (Lipinski definition) is 5. The van der Waals surface area contributed by atoms with Gasteiger partial charge >= 0.3 is 0 Å². The molecule has 25 heavy (non-hydrogen) atoms. The molecule has 0 spiro atoms. The molecular formula is C17H16BrN5O2. The number of halogens is 1. The molecule has 0 fully saturated rings. The van der Waals surface area contributed by atoms with Gasteiger partial charge in [0.05, 0.1) is 5.69 Å². The fourth-order valence-corrected chi connectivity index (χ4v) is 2.37. The Morgan fingerprint density at radius 1 is 1.16 bits per heavy atom. The lowest BCUT2D eigenvalue weighted by atomic mass is 10.3. The molecule has 1 N–H and O–H groups in total. The van der Waals surface area contributed by atoms with E-state index in [1.165, 1.54) is 0 Å². The summed E-state index contributed by atoms with van der Waals surface area (Å²) in [5.41, 5.74) is 1.59. The zero-order valence-corrected chi connectivity index (χ0v) is 15.1. The Hall–Kier alpha value is -2.74. The van der Waals surface area contributed by atoms with E-state index in [1.807, 2.05) is 31.2 Å². The largest absolute Gasteiger partial charge is 0.486 e. The van der Waals surface area contributed by atoms with Crippen LogP contribution in [0.25, 0.3) is 5.69 Å². The van der Waals surface area contributed by atoms with E-state index in [1.54, 1.807) is 28.9 Å². The molecule has 0 unspecified atom stereocenters. The first-order valence-corrected chi connectivity index (χ1v) is 8.51. The van der Waals surface area contributed by atoms with Gasteiger partial charge in [-0.25, -0.2) is 0 Å². The van der Waals surface area contributed by atoms with Crippen LogP contribution in [0.1, 0.15) is 19.2 Å². The van der Waals surface area contributed by atoms with Crippen LogP contribution < -0.4 is 10.1 Å². The van der Waals surface area contributed by atoms with E-state index in [0.717, 1.165) is 15.8 Å². The topological polar surface area (TPSA) is 81.9 Å². The van der Waals surface area contributed by atoms with Crippen molar-refractivity contribution in [3.63, 3.8) is 0 Å². The molecule has 3 rings (SSSR count). The highest BCUT2D eigenvalue weighted by atomic mass is 79.9. The van der Waals surface area contributed by atoms with E-state index in [0.29, 0.717) is 18.0 Å². The number of aromatic nitrogens is 4. The number of carbonyl (C=O) groups is 1. The van der Waals surface area contributed by atoms with Crippen LogP contribution in [0.5, 0.6) is 5.75 Å². The van der Waals surface area contributed by atoms with Gasteiger partial charge in [0.1, 0.15) is 12.4 Å². The van der Waals surface area contributed by atoms with Crippen molar-refractivity contribution in [1.82, 2.24) is 20.2 Å². The number of benzene rings is 2.